The van der Waals surface area contributed by atoms with Crippen LogP contribution < -0.4 is 9.73 Å². The van der Waals surface area contributed by atoms with E-state index in [1.54, 1.807) is 49.4 Å². The number of sulfonamides is 1. The molecule has 0 bridgehead atoms. The van der Waals surface area contributed by atoms with E-state index in [4.69, 9.17) is 0 Å². The molecule has 7 nitrogen and oxygen atoms in total. The number of phenolic OH excluding ortho intramolecular Hbond substituents is 1. The summed E-state index contributed by atoms with van der Waals surface area (Å²) in [7, 11) is -4.01. The molecule has 3 aromatic rings. The van der Waals surface area contributed by atoms with Gasteiger partial charge in [0, 0.05) is 5.56 Å². The van der Waals surface area contributed by atoms with Crippen LogP contribution in [-0.2, 0) is 14.8 Å². The summed E-state index contributed by atoms with van der Waals surface area (Å²) in [5, 5.41) is 14.0. The number of aryl methyl sites for hydroxylation is 3. The van der Waals surface area contributed by atoms with Crippen molar-refractivity contribution in [1.29, 1.82) is 0 Å². The van der Waals surface area contributed by atoms with Crippen molar-refractivity contribution in [2.24, 2.45) is 5.10 Å². The number of phenols is 1. The van der Waals surface area contributed by atoms with Gasteiger partial charge in [-0.05, 0) is 75.2 Å². The van der Waals surface area contributed by atoms with Crippen LogP contribution in [0.5, 0.6) is 5.75 Å². The molecule has 0 fully saturated rings. The maximum Gasteiger partial charge on any atom is 0.264 e. The van der Waals surface area contributed by atoms with Gasteiger partial charge in [0.2, 0.25) is 0 Å². The molecule has 3 rings (SSSR count). The van der Waals surface area contributed by atoms with Crippen LogP contribution in [0.25, 0.3) is 0 Å². The van der Waals surface area contributed by atoms with Crippen LogP contribution in [-0.4, -0.2) is 31.7 Å². The third-order valence-corrected chi connectivity index (χ3v) is 6.82. The van der Waals surface area contributed by atoms with Gasteiger partial charge >= 0.3 is 0 Å². The number of hydrazone groups is 1. The predicted molar refractivity (Wildman–Crippen MR) is 130 cm³/mol. The number of nitrogens with one attached hydrogen (secondary N) is 1. The van der Waals surface area contributed by atoms with E-state index < -0.39 is 22.5 Å². The van der Waals surface area contributed by atoms with Crippen LogP contribution in [0.4, 0.5) is 5.69 Å². The number of hydrogen-bond acceptors (Lipinski definition) is 5. The van der Waals surface area contributed by atoms with Gasteiger partial charge in [-0.2, -0.15) is 5.10 Å². The number of benzene rings is 3. The molecule has 2 N–H and O–H groups in total. The molecule has 0 atom stereocenters. The van der Waals surface area contributed by atoms with E-state index in [9.17, 15) is 18.3 Å². The Morgan fingerprint density at radius 3 is 2.15 bits per heavy atom. The van der Waals surface area contributed by atoms with Crippen molar-refractivity contribution in [2.75, 3.05) is 10.8 Å². The van der Waals surface area contributed by atoms with Crippen LogP contribution in [0.1, 0.15) is 29.2 Å². The lowest BCUT2D eigenvalue weighted by molar-refractivity contribution is -0.119. The number of para-hydroxylation sites is 1. The van der Waals surface area contributed by atoms with Gasteiger partial charge in [-0.25, -0.2) is 13.8 Å². The van der Waals surface area contributed by atoms with Gasteiger partial charge < -0.3 is 5.11 Å². The van der Waals surface area contributed by atoms with Crippen molar-refractivity contribution in [3.05, 3.63) is 89.0 Å². The van der Waals surface area contributed by atoms with Crippen LogP contribution in [0.15, 0.2) is 76.7 Å². The SMILES string of the molecule is C/C(=N/NC(=O)CN(c1cc(C)cc(C)c1)S(=O)(=O)c1ccc(C)cc1)c1ccccc1O. The smallest absolute Gasteiger partial charge is 0.264 e. The van der Waals surface area contributed by atoms with E-state index in [-0.39, 0.29) is 10.6 Å². The average Bonchev–Trinajstić information content (AvgIpc) is 2.75. The first-order valence-corrected chi connectivity index (χ1v) is 11.8. The number of amides is 1. The van der Waals surface area contributed by atoms with Gasteiger partial charge in [-0.1, -0.05) is 35.9 Å². The van der Waals surface area contributed by atoms with Crippen LogP contribution in [0.2, 0.25) is 0 Å². The summed E-state index contributed by atoms with van der Waals surface area (Å²) in [6, 6.07) is 18.5. The van der Waals surface area contributed by atoms with Crippen molar-refractivity contribution in [3.8, 4) is 5.75 Å². The van der Waals surface area contributed by atoms with Crippen LogP contribution in [0.3, 0.4) is 0 Å². The quantitative estimate of drug-likeness (QED) is 0.406. The highest BCUT2D eigenvalue weighted by molar-refractivity contribution is 7.92. The predicted octanol–water partition coefficient (Wildman–Crippen LogP) is 4.05. The zero-order valence-electron chi connectivity index (χ0n) is 19.0. The van der Waals surface area contributed by atoms with E-state index in [1.165, 1.54) is 18.2 Å². The minimum absolute atomic E-state index is 0.0341. The monoisotopic (exact) mass is 465 g/mol. The Bertz CT molecular complexity index is 1280. The Kier molecular flexibility index (Phi) is 7.18. The molecule has 33 heavy (non-hydrogen) atoms. The molecule has 0 spiro atoms. The lowest BCUT2D eigenvalue weighted by Gasteiger charge is -2.24. The first kappa shape index (κ1) is 24.0. The largest absolute Gasteiger partial charge is 0.507 e. The second-order valence-corrected chi connectivity index (χ2v) is 9.78. The molecule has 8 heteroatoms. The van der Waals surface area contributed by atoms with Crippen LogP contribution in [0, 0.1) is 20.8 Å². The molecule has 0 heterocycles. The van der Waals surface area contributed by atoms with Crippen molar-refractivity contribution >= 4 is 27.3 Å². The second-order valence-electron chi connectivity index (χ2n) is 7.92. The van der Waals surface area contributed by atoms with Crippen molar-refractivity contribution in [1.82, 2.24) is 5.43 Å². The number of hydrogen-bond donors (Lipinski definition) is 2. The molecule has 0 aromatic heterocycles. The minimum atomic E-state index is -4.01. The number of carbonyl (C=O) groups excluding carboxylic acids is 1. The van der Waals surface area contributed by atoms with E-state index >= 15 is 0 Å². The third-order valence-electron chi connectivity index (χ3n) is 5.03. The normalized spacial score (nSPS) is 11.8. The molecule has 0 radical (unpaired) electrons. The lowest BCUT2D eigenvalue weighted by atomic mass is 10.1. The molecule has 1 amide bonds. The summed E-state index contributed by atoms with van der Waals surface area (Å²) >= 11 is 0. The standard InChI is InChI=1S/C25H27N3O4S/c1-17-9-11-22(12-10-17)33(31,32)28(21-14-18(2)13-19(3)15-21)16-25(30)27-26-20(4)23-7-5-6-8-24(23)29/h5-15,29H,16H2,1-4H3,(H,27,30)/b26-20-. The maximum absolute atomic E-state index is 13.5. The van der Waals surface area contributed by atoms with Crippen LogP contribution >= 0.6 is 0 Å². The van der Waals surface area contributed by atoms with E-state index in [1.807, 2.05) is 26.8 Å². The second kappa shape index (κ2) is 9.87. The zero-order chi connectivity index (χ0) is 24.2. The van der Waals surface area contributed by atoms with E-state index in [2.05, 4.69) is 10.5 Å². The van der Waals surface area contributed by atoms with Crippen molar-refractivity contribution in [2.45, 2.75) is 32.6 Å². The van der Waals surface area contributed by atoms with Gasteiger partial charge in [0.05, 0.1) is 16.3 Å². The molecule has 0 saturated carbocycles. The van der Waals surface area contributed by atoms with Crippen molar-refractivity contribution in [3.63, 3.8) is 0 Å². The molecule has 0 aliphatic carbocycles. The lowest BCUT2D eigenvalue weighted by Crippen LogP contribution is -2.39. The molecule has 0 aliphatic heterocycles. The zero-order valence-corrected chi connectivity index (χ0v) is 19.8. The topological polar surface area (TPSA) is 99.1 Å². The summed E-state index contributed by atoms with van der Waals surface area (Å²) in [6.07, 6.45) is 0. The number of rotatable bonds is 7. The Morgan fingerprint density at radius 1 is 0.939 bits per heavy atom. The summed E-state index contributed by atoms with van der Waals surface area (Å²) in [5.41, 5.74) is 6.34. The number of anilines is 1. The minimum Gasteiger partial charge on any atom is -0.507 e. The summed E-state index contributed by atoms with van der Waals surface area (Å²) < 4.78 is 28.0. The first-order chi connectivity index (χ1) is 15.6. The third kappa shape index (κ3) is 5.78. The maximum atomic E-state index is 13.5. The Morgan fingerprint density at radius 2 is 1.55 bits per heavy atom. The Hall–Kier alpha value is -3.65. The summed E-state index contributed by atoms with van der Waals surface area (Å²) in [5.74, 6) is -0.577. The van der Waals surface area contributed by atoms with Crippen molar-refractivity contribution < 1.29 is 18.3 Å². The van der Waals surface area contributed by atoms with Gasteiger partial charge in [0.15, 0.2) is 0 Å². The fourth-order valence-electron chi connectivity index (χ4n) is 3.40. The first-order valence-electron chi connectivity index (χ1n) is 10.4. The molecule has 0 unspecified atom stereocenters. The highest BCUT2D eigenvalue weighted by Gasteiger charge is 2.27. The fraction of sp³-hybridized carbons (Fsp3) is 0.200. The van der Waals surface area contributed by atoms with E-state index in [0.29, 0.717) is 17.0 Å². The highest BCUT2D eigenvalue weighted by Crippen LogP contribution is 2.26. The average molecular weight is 466 g/mol. The van der Waals surface area contributed by atoms with E-state index in [0.717, 1.165) is 21.0 Å². The number of nitrogens with zero attached hydrogens (tertiary/aromatic N) is 2. The Balaban J connectivity index is 1.93. The summed E-state index contributed by atoms with van der Waals surface area (Å²) in [6.45, 7) is 6.79. The molecular formula is C25H27N3O4S. The highest BCUT2D eigenvalue weighted by atomic mass is 32.2. The number of carbonyl (C=O) groups is 1. The van der Waals surface area contributed by atoms with Gasteiger partial charge in [-0.3, -0.25) is 9.10 Å². The molecule has 0 saturated heterocycles. The Labute approximate surface area is 194 Å². The molecule has 3 aromatic carbocycles. The van der Waals surface area contributed by atoms with Gasteiger partial charge in [0.1, 0.15) is 12.3 Å². The summed E-state index contributed by atoms with van der Waals surface area (Å²) in [4.78, 5) is 12.9. The molecule has 0 aliphatic rings. The fourth-order valence-corrected chi connectivity index (χ4v) is 4.80. The van der Waals surface area contributed by atoms with Gasteiger partial charge in [0.25, 0.3) is 15.9 Å². The molecular weight excluding hydrogens is 438 g/mol. The van der Waals surface area contributed by atoms with Gasteiger partial charge in [-0.15, -0.1) is 0 Å². The number of aromatic hydroxyl groups is 1. The molecule has 172 valence electrons.